The summed E-state index contributed by atoms with van der Waals surface area (Å²) in [6, 6.07) is 7.04. The molecule has 1 fully saturated rings. The van der Waals surface area contributed by atoms with E-state index in [9.17, 15) is 14.4 Å². The van der Waals surface area contributed by atoms with Crippen LogP contribution in [-0.4, -0.2) is 40.8 Å². The lowest BCUT2D eigenvalue weighted by molar-refractivity contribution is -0.122. The van der Waals surface area contributed by atoms with Crippen LogP contribution in [0, 0.1) is 6.92 Å². The molecular weight excluding hydrogens is 290 g/mol. The van der Waals surface area contributed by atoms with E-state index in [2.05, 4.69) is 10.9 Å². The monoisotopic (exact) mass is 307 g/mol. The molecule has 1 aliphatic rings. The number of amides is 3. The van der Waals surface area contributed by atoms with Crippen LogP contribution in [-0.2, 0) is 4.79 Å². The van der Waals surface area contributed by atoms with Gasteiger partial charge in [0.25, 0.3) is 11.1 Å². The predicted molar refractivity (Wildman–Crippen MR) is 80.8 cm³/mol. The van der Waals surface area contributed by atoms with Crippen molar-refractivity contribution in [3.05, 3.63) is 35.4 Å². The molecule has 7 heteroatoms. The van der Waals surface area contributed by atoms with Gasteiger partial charge in [-0.25, -0.2) is 0 Å². The summed E-state index contributed by atoms with van der Waals surface area (Å²) >= 11 is 1.26. The second-order valence-corrected chi connectivity index (χ2v) is 5.77. The van der Waals surface area contributed by atoms with Crippen LogP contribution in [0.5, 0.6) is 0 Å². The number of carbonyl (C=O) groups excluding carboxylic acids is 3. The third-order valence-corrected chi connectivity index (χ3v) is 3.97. The Morgan fingerprint density at radius 1 is 1.24 bits per heavy atom. The first-order valence-electron chi connectivity index (χ1n) is 6.64. The largest absolute Gasteiger partial charge is 0.332 e. The van der Waals surface area contributed by atoms with Gasteiger partial charge in [-0.15, -0.1) is 0 Å². The maximum absolute atomic E-state index is 11.8. The minimum Gasteiger partial charge on any atom is -0.332 e. The third-order valence-electron chi connectivity index (χ3n) is 3.08. The van der Waals surface area contributed by atoms with Gasteiger partial charge in [0.1, 0.15) is 0 Å². The number of nitrogens with zero attached hydrogens (tertiary/aromatic N) is 1. The van der Waals surface area contributed by atoms with Crippen LogP contribution < -0.4 is 10.9 Å². The van der Waals surface area contributed by atoms with Crippen LogP contribution in [0.2, 0.25) is 0 Å². The molecule has 1 aromatic rings. The lowest BCUT2D eigenvalue weighted by atomic mass is 10.1. The fraction of sp³-hybridized carbons (Fsp3) is 0.357. The molecule has 0 bridgehead atoms. The molecule has 1 saturated heterocycles. The number of hydrogen-bond donors (Lipinski definition) is 2. The van der Waals surface area contributed by atoms with Gasteiger partial charge >= 0.3 is 0 Å². The third kappa shape index (κ3) is 4.49. The standard InChI is InChI=1S/C14H17N3O3S/c1-10-2-4-11(5-3-10)13(19)16-15-12(18)6-7-17-8-9-21-14(17)20/h2-5H,6-9H2,1H3,(H,15,18)(H,16,19). The van der Waals surface area contributed by atoms with Crippen molar-refractivity contribution in [3.63, 3.8) is 0 Å². The number of nitrogens with one attached hydrogen (secondary N) is 2. The van der Waals surface area contributed by atoms with Crippen LogP contribution in [0.25, 0.3) is 0 Å². The minimum atomic E-state index is -0.365. The Kier molecular flexibility index (Phi) is 5.21. The fourth-order valence-corrected chi connectivity index (χ4v) is 2.68. The summed E-state index contributed by atoms with van der Waals surface area (Å²) in [5.74, 6) is 0.0845. The van der Waals surface area contributed by atoms with Gasteiger partial charge in [-0.3, -0.25) is 25.2 Å². The molecular formula is C14H17N3O3S. The van der Waals surface area contributed by atoms with Crippen LogP contribution in [0.4, 0.5) is 4.79 Å². The van der Waals surface area contributed by atoms with E-state index in [1.165, 1.54) is 11.8 Å². The van der Waals surface area contributed by atoms with Crippen molar-refractivity contribution in [2.75, 3.05) is 18.8 Å². The molecule has 0 atom stereocenters. The molecule has 2 rings (SSSR count). The summed E-state index contributed by atoms with van der Waals surface area (Å²) in [7, 11) is 0. The number of aryl methyl sites for hydroxylation is 1. The molecule has 0 saturated carbocycles. The van der Waals surface area contributed by atoms with Gasteiger partial charge in [-0.1, -0.05) is 29.5 Å². The molecule has 0 radical (unpaired) electrons. The molecule has 21 heavy (non-hydrogen) atoms. The van der Waals surface area contributed by atoms with Crippen molar-refractivity contribution in [2.24, 2.45) is 0 Å². The zero-order valence-electron chi connectivity index (χ0n) is 11.7. The van der Waals surface area contributed by atoms with Crippen molar-refractivity contribution < 1.29 is 14.4 Å². The first kappa shape index (κ1) is 15.4. The van der Waals surface area contributed by atoms with E-state index in [4.69, 9.17) is 0 Å². The molecule has 112 valence electrons. The van der Waals surface area contributed by atoms with E-state index in [-0.39, 0.29) is 23.5 Å². The molecule has 2 N–H and O–H groups in total. The Bertz CT molecular complexity index is 545. The summed E-state index contributed by atoms with van der Waals surface area (Å²) in [5, 5.41) is 0.00601. The van der Waals surface area contributed by atoms with E-state index in [1.807, 2.05) is 19.1 Å². The van der Waals surface area contributed by atoms with Crippen LogP contribution in [0.1, 0.15) is 22.3 Å². The number of rotatable bonds is 4. The highest BCUT2D eigenvalue weighted by Gasteiger charge is 2.21. The lowest BCUT2D eigenvalue weighted by Gasteiger charge is -2.14. The van der Waals surface area contributed by atoms with Gasteiger partial charge in [0.2, 0.25) is 5.91 Å². The second kappa shape index (κ2) is 7.12. The van der Waals surface area contributed by atoms with Crippen LogP contribution in [0.15, 0.2) is 24.3 Å². The fourth-order valence-electron chi connectivity index (χ4n) is 1.83. The van der Waals surface area contributed by atoms with E-state index < -0.39 is 0 Å². The van der Waals surface area contributed by atoms with Gasteiger partial charge in [0.05, 0.1) is 0 Å². The van der Waals surface area contributed by atoms with E-state index in [1.54, 1.807) is 17.0 Å². The average Bonchev–Trinajstić information content (AvgIpc) is 2.88. The topological polar surface area (TPSA) is 78.5 Å². The number of hydrogen-bond acceptors (Lipinski definition) is 4. The van der Waals surface area contributed by atoms with Gasteiger partial charge in [0.15, 0.2) is 0 Å². The Balaban J connectivity index is 1.72. The van der Waals surface area contributed by atoms with E-state index >= 15 is 0 Å². The Labute approximate surface area is 127 Å². The Morgan fingerprint density at radius 2 is 1.95 bits per heavy atom. The van der Waals surface area contributed by atoms with Crippen molar-refractivity contribution >= 4 is 28.8 Å². The lowest BCUT2D eigenvalue weighted by Crippen LogP contribution is -2.42. The van der Waals surface area contributed by atoms with E-state index in [0.29, 0.717) is 18.7 Å². The smallest absolute Gasteiger partial charge is 0.281 e. The molecule has 0 unspecified atom stereocenters. The normalized spacial score (nSPS) is 14.1. The van der Waals surface area contributed by atoms with Crippen molar-refractivity contribution in [1.82, 2.24) is 15.8 Å². The molecule has 3 amide bonds. The van der Waals surface area contributed by atoms with Gasteiger partial charge in [-0.05, 0) is 19.1 Å². The molecule has 0 aromatic heterocycles. The minimum absolute atomic E-state index is 0.00601. The molecule has 1 aliphatic heterocycles. The van der Waals surface area contributed by atoms with Crippen molar-refractivity contribution in [3.8, 4) is 0 Å². The zero-order valence-corrected chi connectivity index (χ0v) is 12.5. The number of thioether (sulfide) groups is 1. The first-order valence-corrected chi connectivity index (χ1v) is 7.62. The average molecular weight is 307 g/mol. The highest BCUT2D eigenvalue weighted by atomic mass is 32.2. The number of carbonyl (C=O) groups is 3. The maximum atomic E-state index is 11.8. The quantitative estimate of drug-likeness (QED) is 0.822. The summed E-state index contributed by atoms with van der Waals surface area (Å²) < 4.78 is 0. The molecule has 0 spiro atoms. The second-order valence-electron chi connectivity index (χ2n) is 4.72. The van der Waals surface area contributed by atoms with Gasteiger partial charge in [-0.2, -0.15) is 0 Å². The van der Waals surface area contributed by atoms with E-state index in [0.717, 1.165) is 11.3 Å². The van der Waals surface area contributed by atoms with Crippen LogP contribution in [0.3, 0.4) is 0 Å². The summed E-state index contributed by atoms with van der Waals surface area (Å²) in [5.41, 5.74) is 6.25. The SMILES string of the molecule is Cc1ccc(C(=O)NNC(=O)CCN2CCSC2=O)cc1. The number of benzene rings is 1. The summed E-state index contributed by atoms with van der Waals surface area (Å²) in [4.78, 5) is 36.4. The van der Waals surface area contributed by atoms with Gasteiger partial charge < -0.3 is 4.90 Å². The summed E-state index contributed by atoms with van der Waals surface area (Å²) in [6.45, 7) is 2.98. The maximum Gasteiger partial charge on any atom is 0.281 e. The highest BCUT2D eigenvalue weighted by Crippen LogP contribution is 2.16. The van der Waals surface area contributed by atoms with Crippen LogP contribution >= 0.6 is 11.8 Å². The molecule has 0 aliphatic carbocycles. The first-order chi connectivity index (χ1) is 10.1. The molecule has 1 aromatic carbocycles. The van der Waals surface area contributed by atoms with Gasteiger partial charge in [0, 0.05) is 30.8 Å². The number of hydrazine groups is 1. The predicted octanol–water partition coefficient (Wildman–Crippen LogP) is 1.31. The highest BCUT2D eigenvalue weighted by molar-refractivity contribution is 8.13. The zero-order chi connectivity index (χ0) is 15.2. The Morgan fingerprint density at radius 3 is 2.57 bits per heavy atom. The van der Waals surface area contributed by atoms with Crippen molar-refractivity contribution in [2.45, 2.75) is 13.3 Å². The molecule has 1 heterocycles. The molecule has 6 nitrogen and oxygen atoms in total. The Hall–Kier alpha value is -2.02. The van der Waals surface area contributed by atoms with Crippen molar-refractivity contribution in [1.29, 1.82) is 0 Å². The summed E-state index contributed by atoms with van der Waals surface area (Å²) in [6.07, 6.45) is 0.167.